The molecule has 1 N–H and O–H groups in total. The lowest BCUT2D eigenvalue weighted by molar-refractivity contribution is -0.118. The van der Waals surface area contributed by atoms with Gasteiger partial charge in [0.05, 0.1) is 19.7 Å². The molecule has 0 radical (unpaired) electrons. The SMILES string of the molecule is Cc1ccc2nc(-c3ccc(NC(=O)COc4c(Cl)cc(Cl)cc4Br)cc3)sc2c1. The average molecular weight is 522 g/mol. The molecular weight excluding hydrogens is 507 g/mol. The van der Waals surface area contributed by atoms with Crippen LogP contribution in [0.5, 0.6) is 5.75 Å². The maximum absolute atomic E-state index is 12.2. The van der Waals surface area contributed by atoms with Crippen LogP contribution in [0, 0.1) is 6.92 Å². The Labute approximate surface area is 195 Å². The minimum atomic E-state index is -0.295. The van der Waals surface area contributed by atoms with Crippen molar-refractivity contribution in [3.05, 3.63) is 74.7 Å². The minimum Gasteiger partial charge on any atom is -0.481 e. The lowest BCUT2D eigenvalue weighted by atomic mass is 10.2. The highest BCUT2D eigenvalue weighted by molar-refractivity contribution is 9.10. The molecule has 4 nitrogen and oxygen atoms in total. The number of nitrogens with one attached hydrogen (secondary N) is 1. The van der Waals surface area contributed by atoms with Crippen molar-refractivity contribution < 1.29 is 9.53 Å². The molecule has 0 aliphatic rings. The van der Waals surface area contributed by atoms with Crippen LogP contribution in [-0.4, -0.2) is 17.5 Å². The van der Waals surface area contributed by atoms with Crippen molar-refractivity contribution in [3.8, 4) is 16.3 Å². The van der Waals surface area contributed by atoms with E-state index in [1.165, 1.54) is 5.56 Å². The molecule has 4 rings (SSSR count). The van der Waals surface area contributed by atoms with Crippen LogP contribution >= 0.6 is 50.5 Å². The molecule has 0 fully saturated rings. The van der Waals surface area contributed by atoms with Gasteiger partial charge in [-0.2, -0.15) is 0 Å². The van der Waals surface area contributed by atoms with Crippen molar-refractivity contribution in [2.75, 3.05) is 11.9 Å². The topological polar surface area (TPSA) is 51.2 Å². The van der Waals surface area contributed by atoms with Crippen LogP contribution < -0.4 is 10.1 Å². The number of benzene rings is 3. The number of rotatable bonds is 5. The van der Waals surface area contributed by atoms with Crippen LogP contribution in [0.4, 0.5) is 5.69 Å². The molecule has 0 saturated carbocycles. The molecule has 0 spiro atoms. The molecule has 0 bridgehead atoms. The second-order valence-corrected chi connectivity index (χ2v) is 9.33. The first kappa shape index (κ1) is 21.1. The summed E-state index contributed by atoms with van der Waals surface area (Å²) in [7, 11) is 0. The molecule has 1 heterocycles. The van der Waals surface area contributed by atoms with E-state index < -0.39 is 0 Å². The van der Waals surface area contributed by atoms with Crippen molar-refractivity contribution in [1.29, 1.82) is 0 Å². The van der Waals surface area contributed by atoms with Gasteiger partial charge in [0.2, 0.25) is 0 Å². The predicted molar refractivity (Wildman–Crippen MR) is 128 cm³/mol. The first-order chi connectivity index (χ1) is 14.4. The largest absolute Gasteiger partial charge is 0.481 e. The van der Waals surface area contributed by atoms with Crippen molar-refractivity contribution >= 4 is 72.3 Å². The van der Waals surface area contributed by atoms with E-state index in [9.17, 15) is 4.79 Å². The Balaban J connectivity index is 1.41. The summed E-state index contributed by atoms with van der Waals surface area (Å²) in [6.07, 6.45) is 0. The molecule has 3 aromatic carbocycles. The summed E-state index contributed by atoms with van der Waals surface area (Å²) >= 11 is 17.0. The van der Waals surface area contributed by atoms with E-state index >= 15 is 0 Å². The van der Waals surface area contributed by atoms with E-state index in [0.717, 1.165) is 20.8 Å². The molecule has 1 amide bonds. The third-order valence-electron chi connectivity index (χ3n) is 4.27. The Morgan fingerprint density at radius 3 is 2.63 bits per heavy atom. The van der Waals surface area contributed by atoms with Crippen molar-refractivity contribution in [2.24, 2.45) is 0 Å². The second kappa shape index (κ2) is 8.94. The zero-order valence-corrected chi connectivity index (χ0v) is 19.6. The van der Waals surface area contributed by atoms with Crippen LogP contribution in [0.15, 0.2) is 59.1 Å². The zero-order chi connectivity index (χ0) is 21.3. The molecule has 152 valence electrons. The van der Waals surface area contributed by atoms with Gasteiger partial charge in [0, 0.05) is 16.3 Å². The minimum absolute atomic E-state index is 0.182. The molecule has 0 aliphatic heterocycles. The van der Waals surface area contributed by atoms with Crippen LogP contribution in [0.1, 0.15) is 5.56 Å². The molecule has 8 heteroatoms. The zero-order valence-electron chi connectivity index (χ0n) is 15.7. The Kier molecular flexibility index (Phi) is 6.29. The number of carbonyl (C=O) groups is 1. The average Bonchev–Trinajstić information content (AvgIpc) is 3.11. The van der Waals surface area contributed by atoms with Gasteiger partial charge in [0.15, 0.2) is 12.4 Å². The van der Waals surface area contributed by atoms with Gasteiger partial charge in [0.1, 0.15) is 5.01 Å². The number of ether oxygens (including phenoxy) is 1. The maximum Gasteiger partial charge on any atom is 0.262 e. The number of fused-ring (bicyclic) bond motifs is 1. The quantitative estimate of drug-likeness (QED) is 0.298. The van der Waals surface area contributed by atoms with E-state index in [4.69, 9.17) is 27.9 Å². The van der Waals surface area contributed by atoms with E-state index in [1.807, 2.05) is 30.3 Å². The predicted octanol–water partition coefficient (Wildman–Crippen LogP) is 7.36. The molecule has 0 unspecified atom stereocenters. The summed E-state index contributed by atoms with van der Waals surface area (Å²) in [5.74, 6) is 0.0776. The number of hydrogen-bond donors (Lipinski definition) is 1. The van der Waals surface area contributed by atoms with Gasteiger partial charge < -0.3 is 10.1 Å². The molecule has 4 aromatic rings. The van der Waals surface area contributed by atoms with Gasteiger partial charge in [-0.25, -0.2) is 4.98 Å². The lowest BCUT2D eigenvalue weighted by Crippen LogP contribution is -2.20. The van der Waals surface area contributed by atoms with Gasteiger partial charge in [-0.15, -0.1) is 11.3 Å². The fourth-order valence-corrected chi connectivity index (χ4v) is 5.29. The Morgan fingerprint density at radius 1 is 1.13 bits per heavy atom. The molecular formula is C22H15BrCl2N2O2S. The highest BCUT2D eigenvalue weighted by Gasteiger charge is 2.12. The van der Waals surface area contributed by atoms with E-state index in [0.29, 0.717) is 26.0 Å². The van der Waals surface area contributed by atoms with Gasteiger partial charge in [-0.3, -0.25) is 4.79 Å². The standard InChI is InChI=1S/C22H15BrCl2N2O2S/c1-12-2-7-18-19(8-12)30-22(27-18)13-3-5-15(6-4-13)26-20(28)11-29-21-16(23)9-14(24)10-17(21)25/h2-10H,11H2,1H3,(H,26,28). The summed E-state index contributed by atoms with van der Waals surface area (Å²) in [5, 5.41) is 4.56. The fraction of sp³-hybridized carbons (Fsp3) is 0.0909. The summed E-state index contributed by atoms with van der Waals surface area (Å²) < 4.78 is 7.28. The first-order valence-corrected chi connectivity index (χ1v) is 11.3. The number of amides is 1. The Bertz CT molecular complexity index is 1220. The van der Waals surface area contributed by atoms with Gasteiger partial charge in [-0.05, 0) is 76.9 Å². The third-order valence-corrected chi connectivity index (χ3v) is 6.43. The third kappa shape index (κ3) is 4.78. The summed E-state index contributed by atoms with van der Waals surface area (Å²) in [4.78, 5) is 16.9. The van der Waals surface area contributed by atoms with Crippen LogP contribution in [0.25, 0.3) is 20.8 Å². The monoisotopic (exact) mass is 520 g/mol. The van der Waals surface area contributed by atoms with Gasteiger partial charge in [-0.1, -0.05) is 29.3 Å². The highest BCUT2D eigenvalue weighted by atomic mass is 79.9. The molecule has 30 heavy (non-hydrogen) atoms. The molecule has 0 aliphatic carbocycles. The molecule has 1 aromatic heterocycles. The highest BCUT2D eigenvalue weighted by Crippen LogP contribution is 2.36. The number of hydrogen-bond acceptors (Lipinski definition) is 4. The molecule has 0 saturated heterocycles. The van der Waals surface area contributed by atoms with Crippen molar-refractivity contribution in [3.63, 3.8) is 0 Å². The van der Waals surface area contributed by atoms with E-state index in [-0.39, 0.29) is 12.5 Å². The van der Waals surface area contributed by atoms with Crippen molar-refractivity contribution in [1.82, 2.24) is 4.98 Å². The number of anilines is 1. The number of aromatic nitrogens is 1. The van der Waals surface area contributed by atoms with E-state index in [2.05, 4.69) is 45.3 Å². The van der Waals surface area contributed by atoms with Crippen molar-refractivity contribution in [2.45, 2.75) is 6.92 Å². The van der Waals surface area contributed by atoms with Crippen LogP contribution in [0.2, 0.25) is 10.0 Å². The Hall–Kier alpha value is -2.12. The summed E-state index contributed by atoms with van der Waals surface area (Å²) in [6.45, 7) is 1.89. The Morgan fingerprint density at radius 2 is 1.90 bits per heavy atom. The number of carbonyl (C=O) groups excluding carboxylic acids is 1. The number of thiazole rings is 1. The van der Waals surface area contributed by atoms with Gasteiger partial charge in [0.25, 0.3) is 5.91 Å². The normalized spacial score (nSPS) is 10.9. The number of halogens is 3. The smallest absolute Gasteiger partial charge is 0.262 e. The number of nitrogens with zero attached hydrogens (tertiary/aromatic N) is 1. The first-order valence-electron chi connectivity index (χ1n) is 8.94. The van der Waals surface area contributed by atoms with E-state index in [1.54, 1.807) is 23.5 Å². The van der Waals surface area contributed by atoms with Crippen LogP contribution in [0.3, 0.4) is 0 Å². The number of aryl methyl sites for hydroxylation is 1. The summed E-state index contributed by atoms with van der Waals surface area (Å²) in [6, 6.07) is 17.0. The van der Waals surface area contributed by atoms with Crippen LogP contribution in [-0.2, 0) is 4.79 Å². The molecule has 0 atom stereocenters. The fourth-order valence-electron chi connectivity index (χ4n) is 2.85. The lowest BCUT2D eigenvalue weighted by Gasteiger charge is -2.11. The second-order valence-electron chi connectivity index (χ2n) is 6.60. The maximum atomic E-state index is 12.2. The summed E-state index contributed by atoms with van der Waals surface area (Å²) in [5.41, 5.74) is 3.87. The van der Waals surface area contributed by atoms with Gasteiger partial charge >= 0.3 is 0 Å².